The van der Waals surface area contributed by atoms with E-state index in [0.29, 0.717) is 10.6 Å². The lowest BCUT2D eigenvalue weighted by atomic mass is 10.1. The smallest absolute Gasteiger partial charge is 0.161 e. The number of carbonyl (C=O) groups is 1. The standard InChI is InChI=1S/C12H11ClN2OS/c1-8(16)11-4-3-9(5-12(11)13)17-10-6-14-15(2)7-10/h3-7H,1-2H3. The van der Waals surface area contributed by atoms with E-state index in [2.05, 4.69) is 5.10 Å². The highest BCUT2D eigenvalue weighted by Gasteiger charge is 2.07. The van der Waals surface area contributed by atoms with E-state index in [0.717, 1.165) is 9.79 Å². The maximum absolute atomic E-state index is 11.2. The maximum atomic E-state index is 11.2. The highest BCUT2D eigenvalue weighted by atomic mass is 35.5. The van der Waals surface area contributed by atoms with Gasteiger partial charge in [-0.05, 0) is 25.1 Å². The minimum Gasteiger partial charge on any atom is -0.294 e. The Hall–Kier alpha value is -1.26. The molecule has 0 N–H and O–H groups in total. The Balaban J connectivity index is 2.23. The second kappa shape index (κ2) is 4.94. The largest absolute Gasteiger partial charge is 0.294 e. The van der Waals surface area contributed by atoms with Crippen LogP contribution >= 0.6 is 23.4 Å². The summed E-state index contributed by atoms with van der Waals surface area (Å²) >= 11 is 7.60. The van der Waals surface area contributed by atoms with E-state index in [4.69, 9.17) is 11.6 Å². The van der Waals surface area contributed by atoms with Crippen LogP contribution in [0, 0.1) is 0 Å². The molecule has 0 fully saturated rings. The summed E-state index contributed by atoms with van der Waals surface area (Å²) in [5.74, 6) is -0.0204. The van der Waals surface area contributed by atoms with Crippen LogP contribution < -0.4 is 0 Å². The first-order valence-corrected chi connectivity index (χ1v) is 6.22. The molecule has 0 atom stereocenters. The van der Waals surface area contributed by atoms with E-state index in [1.807, 2.05) is 19.3 Å². The molecule has 17 heavy (non-hydrogen) atoms. The zero-order valence-corrected chi connectivity index (χ0v) is 11.0. The van der Waals surface area contributed by atoms with Crippen molar-refractivity contribution in [3.05, 3.63) is 41.2 Å². The number of benzene rings is 1. The van der Waals surface area contributed by atoms with Crippen molar-refractivity contribution < 1.29 is 4.79 Å². The summed E-state index contributed by atoms with van der Waals surface area (Å²) in [6.45, 7) is 1.51. The second-order valence-electron chi connectivity index (χ2n) is 3.65. The van der Waals surface area contributed by atoms with Crippen molar-refractivity contribution in [3.8, 4) is 0 Å². The van der Waals surface area contributed by atoms with Crippen LogP contribution in [-0.2, 0) is 7.05 Å². The summed E-state index contributed by atoms with van der Waals surface area (Å²) in [4.78, 5) is 13.3. The van der Waals surface area contributed by atoms with Gasteiger partial charge in [-0.15, -0.1) is 0 Å². The van der Waals surface area contributed by atoms with Gasteiger partial charge in [0.15, 0.2) is 5.78 Å². The van der Waals surface area contributed by atoms with E-state index in [1.165, 1.54) is 6.92 Å². The molecule has 0 saturated heterocycles. The minimum atomic E-state index is -0.0204. The molecule has 0 aliphatic heterocycles. The van der Waals surface area contributed by atoms with Crippen molar-refractivity contribution in [3.63, 3.8) is 0 Å². The van der Waals surface area contributed by atoms with Gasteiger partial charge < -0.3 is 0 Å². The fourth-order valence-electron chi connectivity index (χ4n) is 1.43. The molecule has 1 heterocycles. The van der Waals surface area contributed by atoms with E-state index in [-0.39, 0.29) is 5.78 Å². The Kier molecular flexibility index (Phi) is 3.54. The molecular weight excluding hydrogens is 256 g/mol. The molecular formula is C12H11ClN2OS. The van der Waals surface area contributed by atoms with E-state index in [1.54, 1.807) is 34.8 Å². The molecule has 0 radical (unpaired) electrons. The number of rotatable bonds is 3. The first-order chi connectivity index (χ1) is 8.06. The Morgan fingerprint density at radius 1 is 1.41 bits per heavy atom. The molecule has 5 heteroatoms. The third-order valence-electron chi connectivity index (χ3n) is 2.24. The van der Waals surface area contributed by atoms with E-state index < -0.39 is 0 Å². The van der Waals surface area contributed by atoms with Gasteiger partial charge in [0.2, 0.25) is 0 Å². The molecule has 0 aliphatic carbocycles. The van der Waals surface area contributed by atoms with Crippen molar-refractivity contribution in [1.29, 1.82) is 0 Å². The summed E-state index contributed by atoms with van der Waals surface area (Å²) < 4.78 is 1.74. The molecule has 0 amide bonds. The Bertz CT molecular complexity index is 565. The van der Waals surface area contributed by atoms with Crippen LogP contribution in [0.25, 0.3) is 0 Å². The van der Waals surface area contributed by atoms with Gasteiger partial charge in [0.05, 0.1) is 16.1 Å². The van der Waals surface area contributed by atoms with Crippen molar-refractivity contribution >= 4 is 29.1 Å². The predicted molar refractivity (Wildman–Crippen MR) is 68.8 cm³/mol. The number of carbonyl (C=O) groups excluding carboxylic acids is 1. The Morgan fingerprint density at radius 3 is 2.71 bits per heavy atom. The van der Waals surface area contributed by atoms with Gasteiger partial charge >= 0.3 is 0 Å². The van der Waals surface area contributed by atoms with Gasteiger partial charge in [0, 0.05) is 23.7 Å². The molecule has 2 rings (SSSR count). The van der Waals surface area contributed by atoms with Crippen LogP contribution in [0.1, 0.15) is 17.3 Å². The van der Waals surface area contributed by atoms with Gasteiger partial charge in [-0.2, -0.15) is 5.10 Å². The molecule has 0 unspecified atom stereocenters. The first kappa shape index (κ1) is 12.2. The van der Waals surface area contributed by atoms with Gasteiger partial charge in [-0.1, -0.05) is 23.4 Å². The van der Waals surface area contributed by atoms with Gasteiger partial charge in [-0.3, -0.25) is 9.48 Å². The average Bonchev–Trinajstić information content (AvgIpc) is 2.63. The average molecular weight is 267 g/mol. The number of hydrogen-bond donors (Lipinski definition) is 0. The van der Waals surface area contributed by atoms with Crippen molar-refractivity contribution in [1.82, 2.24) is 9.78 Å². The van der Waals surface area contributed by atoms with E-state index in [9.17, 15) is 4.79 Å². The summed E-state index contributed by atoms with van der Waals surface area (Å²) in [5, 5.41) is 4.58. The van der Waals surface area contributed by atoms with Crippen LogP contribution in [-0.4, -0.2) is 15.6 Å². The fraction of sp³-hybridized carbons (Fsp3) is 0.167. The Labute approximate surface area is 109 Å². The number of halogens is 1. The molecule has 1 aromatic carbocycles. The normalized spacial score (nSPS) is 10.5. The van der Waals surface area contributed by atoms with Crippen LogP contribution in [0.15, 0.2) is 40.4 Å². The topological polar surface area (TPSA) is 34.9 Å². The number of aromatic nitrogens is 2. The Morgan fingerprint density at radius 2 is 2.18 bits per heavy atom. The summed E-state index contributed by atoms with van der Waals surface area (Å²) in [5.41, 5.74) is 0.558. The fourth-order valence-corrected chi connectivity index (χ4v) is 2.70. The van der Waals surface area contributed by atoms with E-state index >= 15 is 0 Å². The number of Topliss-reactive ketones (excluding diaryl/α,β-unsaturated/α-hetero) is 1. The summed E-state index contributed by atoms with van der Waals surface area (Å²) in [7, 11) is 1.87. The SMILES string of the molecule is CC(=O)c1ccc(Sc2cnn(C)c2)cc1Cl. The lowest BCUT2D eigenvalue weighted by Gasteiger charge is -2.03. The van der Waals surface area contributed by atoms with Gasteiger partial charge in [0.25, 0.3) is 0 Å². The lowest BCUT2D eigenvalue weighted by molar-refractivity contribution is 0.101. The zero-order valence-electron chi connectivity index (χ0n) is 9.48. The predicted octanol–water partition coefficient (Wildman–Crippen LogP) is 3.43. The van der Waals surface area contributed by atoms with Crippen molar-refractivity contribution in [2.75, 3.05) is 0 Å². The summed E-state index contributed by atoms with van der Waals surface area (Å²) in [6.07, 6.45) is 3.72. The monoisotopic (exact) mass is 266 g/mol. The lowest BCUT2D eigenvalue weighted by Crippen LogP contribution is -1.92. The van der Waals surface area contributed by atoms with Crippen LogP contribution in [0.5, 0.6) is 0 Å². The van der Waals surface area contributed by atoms with Crippen molar-refractivity contribution in [2.24, 2.45) is 7.05 Å². The summed E-state index contributed by atoms with van der Waals surface area (Å²) in [6, 6.07) is 5.44. The molecule has 0 bridgehead atoms. The number of aryl methyl sites for hydroxylation is 1. The zero-order chi connectivity index (χ0) is 12.4. The molecule has 0 spiro atoms. The van der Waals surface area contributed by atoms with Crippen molar-refractivity contribution in [2.45, 2.75) is 16.7 Å². The number of hydrogen-bond acceptors (Lipinski definition) is 3. The second-order valence-corrected chi connectivity index (χ2v) is 5.20. The molecule has 2 aromatic rings. The molecule has 0 saturated carbocycles. The quantitative estimate of drug-likeness (QED) is 0.799. The number of nitrogens with zero attached hydrogens (tertiary/aromatic N) is 2. The minimum absolute atomic E-state index is 0.0204. The molecule has 3 nitrogen and oxygen atoms in total. The van der Waals surface area contributed by atoms with Gasteiger partial charge in [0.1, 0.15) is 0 Å². The molecule has 88 valence electrons. The maximum Gasteiger partial charge on any atom is 0.161 e. The molecule has 1 aromatic heterocycles. The number of ketones is 1. The highest BCUT2D eigenvalue weighted by Crippen LogP contribution is 2.30. The van der Waals surface area contributed by atoms with Crippen LogP contribution in [0.4, 0.5) is 0 Å². The third kappa shape index (κ3) is 2.90. The van der Waals surface area contributed by atoms with Gasteiger partial charge in [-0.25, -0.2) is 0 Å². The van der Waals surface area contributed by atoms with Crippen LogP contribution in [0.2, 0.25) is 5.02 Å². The highest BCUT2D eigenvalue weighted by molar-refractivity contribution is 7.99. The van der Waals surface area contributed by atoms with Crippen LogP contribution in [0.3, 0.4) is 0 Å². The third-order valence-corrected chi connectivity index (χ3v) is 3.49. The molecule has 0 aliphatic rings. The first-order valence-electron chi connectivity index (χ1n) is 5.03.